The number of ether oxygens (including phenoxy) is 1. The van der Waals surface area contributed by atoms with Crippen LogP contribution in [0.1, 0.15) is 30.6 Å². The third kappa shape index (κ3) is 5.44. The molecule has 0 unspecified atom stereocenters. The minimum Gasteiger partial charge on any atom is -0.452 e. The minimum absolute atomic E-state index is 0.0291. The monoisotopic (exact) mass is 400 g/mol. The molecule has 0 aliphatic carbocycles. The van der Waals surface area contributed by atoms with Crippen LogP contribution < -0.4 is 0 Å². The molecule has 26 heavy (non-hydrogen) atoms. The van der Waals surface area contributed by atoms with Crippen LogP contribution in [0, 0.1) is 5.92 Å². The average molecular weight is 401 g/mol. The van der Waals surface area contributed by atoms with E-state index < -0.39 is 22.4 Å². The fourth-order valence-electron chi connectivity index (χ4n) is 2.87. The molecule has 144 valence electrons. The van der Waals surface area contributed by atoms with E-state index >= 15 is 0 Å². The first-order chi connectivity index (χ1) is 12.2. The van der Waals surface area contributed by atoms with E-state index in [2.05, 4.69) is 4.98 Å². The van der Waals surface area contributed by atoms with Crippen molar-refractivity contribution in [1.82, 2.24) is 9.88 Å². The van der Waals surface area contributed by atoms with Gasteiger partial charge in [-0.3, -0.25) is 4.79 Å². The molecule has 0 saturated carbocycles. The van der Waals surface area contributed by atoms with Crippen molar-refractivity contribution >= 4 is 33.5 Å². The Morgan fingerprint density at radius 1 is 1.42 bits per heavy atom. The summed E-state index contributed by atoms with van der Waals surface area (Å²) < 4.78 is 28.7. The van der Waals surface area contributed by atoms with Gasteiger partial charge in [0.2, 0.25) is 0 Å². The Morgan fingerprint density at radius 3 is 2.73 bits per heavy atom. The molecule has 1 amide bonds. The van der Waals surface area contributed by atoms with Gasteiger partial charge in [0.15, 0.2) is 16.4 Å². The molecular formula is C17H24N2O5S2. The normalized spacial score (nSPS) is 18.7. The van der Waals surface area contributed by atoms with Crippen LogP contribution in [-0.4, -0.2) is 67.1 Å². The van der Waals surface area contributed by atoms with Gasteiger partial charge in [0.05, 0.1) is 17.1 Å². The van der Waals surface area contributed by atoms with E-state index in [1.54, 1.807) is 29.5 Å². The van der Waals surface area contributed by atoms with E-state index in [0.29, 0.717) is 23.6 Å². The second-order valence-corrected chi connectivity index (χ2v) is 9.66. The zero-order valence-electron chi connectivity index (χ0n) is 15.2. The molecule has 1 saturated heterocycles. The maximum Gasteiger partial charge on any atom is 0.341 e. The molecule has 9 heteroatoms. The van der Waals surface area contributed by atoms with Gasteiger partial charge in [-0.15, -0.1) is 11.8 Å². The number of esters is 1. The van der Waals surface area contributed by atoms with Gasteiger partial charge in [-0.1, -0.05) is 13.8 Å². The number of hydrogen-bond acceptors (Lipinski definition) is 7. The number of nitrogens with zero attached hydrogens (tertiary/aromatic N) is 2. The molecule has 0 radical (unpaired) electrons. The molecule has 2 rings (SSSR count). The van der Waals surface area contributed by atoms with Gasteiger partial charge < -0.3 is 9.64 Å². The number of aromatic nitrogens is 1. The van der Waals surface area contributed by atoms with Crippen LogP contribution in [0.2, 0.25) is 0 Å². The van der Waals surface area contributed by atoms with Crippen molar-refractivity contribution in [2.45, 2.75) is 31.3 Å². The average Bonchev–Trinajstić information content (AvgIpc) is 2.96. The Balaban J connectivity index is 2.04. The summed E-state index contributed by atoms with van der Waals surface area (Å²) in [6, 6.07) is 2.88. The molecule has 2 heterocycles. The topological polar surface area (TPSA) is 93.6 Å². The van der Waals surface area contributed by atoms with Crippen LogP contribution in [0.4, 0.5) is 0 Å². The second kappa shape index (κ2) is 8.85. The van der Waals surface area contributed by atoms with Crippen molar-refractivity contribution in [2.24, 2.45) is 5.92 Å². The van der Waals surface area contributed by atoms with Crippen molar-refractivity contribution in [3.8, 4) is 0 Å². The highest BCUT2D eigenvalue weighted by Crippen LogP contribution is 2.20. The highest BCUT2D eigenvalue weighted by atomic mass is 32.2. The fraction of sp³-hybridized carbons (Fsp3) is 0.588. The number of amides is 1. The zero-order chi connectivity index (χ0) is 19.3. The Bertz CT molecular complexity index is 764. The Labute approximate surface area is 158 Å². The standard InChI is InChI=1S/C17H24N2O5S2/c1-12(2)9-19(13-6-8-26(22,23)11-13)15(20)10-24-17(21)14-5-4-7-18-16(14)25-3/h4-5,7,12-13H,6,8-11H2,1-3H3/t13-/m0/s1. The molecule has 1 aromatic heterocycles. The molecule has 1 aliphatic rings. The lowest BCUT2D eigenvalue weighted by atomic mass is 10.1. The molecule has 0 aromatic carbocycles. The lowest BCUT2D eigenvalue weighted by Gasteiger charge is -2.29. The molecule has 1 aromatic rings. The van der Waals surface area contributed by atoms with E-state index in [4.69, 9.17) is 4.74 Å². The minimum atomic E-state index is -3.11. The summed E-state index contributed by atoms with van der Waals surface area (Å²) in [6.07, 6.45) is 3.81. The Kier molecular flexibility index (Phi) is 7.05. The maximum atomic E-state index is 12.6. The molecule has 1 aliphatic heterocycles. The number of rotatable bonds is 7. The van der Waals surface area contributed by atoms with Crippen molar-refractivity contribution in [2.75, 3.05) is 30.9 Å². The van der Waals surface area contributed by atoms with Gasteiger partial charge in [0.1, 0.15) is 5.03 Å². The van der Waals surface area contributed by atoms with Crippen LogP contribution in [0.25, 0.3) is 0 Å². The first-order valence-electron chi connectivity index (χ1n) is 8.39. The smallest absolute Gasteiger partial charge is 0.341 e. The number of pyridine rings is 1. The summed E-state index contributed by atoms with van der Waals surface area (Å²) in [6.45, 7) is 3.93. The molecule has 1 fully saturated rings. The van der Waals surface area contributed by atoms with Crippen LogP contribution in [-0.2, 0) is 19.4 Å². The molecule has 0 spiro atoms. The van der Waals surface area contributed by atoms with E-state index in [1.165, 1.54) is 11.8 Å². The van der Waals surface area contributed by atoms with E-state index in [0.717, 1.165) is 0 Å². The summed E-state index contributed by atoms with van der Waals surface area (Å²) in [5.74, 6) is -0.743. The number of thioether (sulfide) groups is 1. The second-order valence-electron chi connectivity index (χ2n) is 6.63. The molecule has 0 N–H and O–H groups in total. The third-order valence-corrected chi connectivity index (χ3v) is 6.50. The van der Waals surface area contributed by atoms with Gasteiger partial charge in [0.25, 0.3) is 5.91 Å². The Morgan fingerprint density at radius 2 is 2.15 bits per heavy atom. The third-order valence-electron chi connectivity index (χ3n) is 4.04. The maximum absolute atomic E-state index is 12.6. The predicted octanol–water partition coefficient (Wildman–Crippen LogP) is 1.63. The number of sulfone groups is 1. The molecule has 7 nitrogen and oxygen atoms in total. The fourth-order valence-corrected chi connectivity index (χ4v) is 5.13. The van der Waals surface area contributed by atoms with Crippen molar-refractivity contribution in [1.29, 1.82) is 0 Å². The van der Waals surface area contributed by atoms with Crippen molar-refractivity contribution in [3.05, 3.63) is 23.9 Å². The number of carbonyl (C=O) groups excluding carboxylic acids is 2. The lowest BCUT2D eigenvalue weighted by Crippen LogP contribution is -2.45. The molecular weight excluding hydrogens is 376 g/mol. The Hall–Kier alpha value is -1.61. The summed E-state index contributed by atoms with van der Waals surface area (Å²) in [7, 11) is -3.11. The van der Waals surface area contributed by atoms with Crippen LogP contribution in [0.15, 0.2) is 23.4 Å². The number of hydrogen-bond donors (Lipinski definition) is 0. The van der Waals surface area contributed by atoms with Gasteiger partial charge in [0, 0.05) is 18.8 Å². The van der Waals surface area contributed by atoms with E-state index in [1.807, 2.05) is 13.8 Å². The van der Waals surface area contributed by atoms with Gasteiger partial charge in [-0.25, -0.2) is 18.2 Å². The molecule has 1 atom stereocenters. The van der Waals surface area contributed by atoms with Gasteiger partial charge in [-0.2, -0.15) is 0 Å². The van der Waals surface area contributed by atoms with Crippen LogP contribution in [0.3, 0.4) is 0 Å². The first-order valence-corrected chi connectivity index (χ1v) is 11.4. The molecule has 0 bridgehead atoms. The quantitative estimate of drug-likeness (QED) is 0.507. The summed E-state index contributed by atoms with van der Waals surface area (Å²) in [5.41, 5.74) is 0.312. The van der Waals surface area contributed by atoms with Gasteiger partial charge >= 0.3 is 5.97 Å². The van der Waals surface area contributed by atoms with Gasteiger partial charge in [-0.05, 0) is 30.7 Å². The van der Waals surface area contributed by atoms with Crippen LogP contribution in [0.5, 0.6) is 0 Å². The predicted molar refractivity (Wildman–Crippen MR) is 99.9 cm³/mol. The van der Waals surface area contributed by atoms with Crippen molar-refractivity contribution < 1.29 is 22.7 Å². The van der Waals surface area contributed by atoms with E-state index in [9.17, 15) is 18.0 Å². The highest BCUT2D eigenvalue weighted by molar-refractivity contribution is 7.98. The first kappa shape index (κ1) is 20.7. The van der Waals surface area contributed by atoms with E-state index in [-0.39, 0.29) is 29.4 Å². The van der Waals surface area contributed by atoms with Crippen molar-refractivity contribution in [3.63, 3.8) is 0 Å². The number of carbonyl (C=O) groups is 2. The summed E-state index contributed by atoms with van der Waals surface area (Å²) in [4.78, 5) is 30.5. The summed E-state index contributed by atoms with van der Waals surface area (Å²) >= 11 is 1.32. The SMILES string of the molecule is CSc1ncccc1C(=O)OCC(=O)N(CC(C)C)[C@H]1CCS(=O)(=O)C1. The van der Waals surface area contributed by atoms with Crippen LogP contribution >= 0.6 is 11.8 Å². The summed E-state index contributed by atoms with van der Waals surface area (Å²) in [5, 5.41) is 0.533. The zero-order valence-corrected chi connectivity index (χ0v) is 16.8. The highest BCUT2D eigenvalue weighted by Gasteiger charge is 2.35. The lowest BCUT2D eigenvalue weighted by molar-refractivity contribution is -0.137. The largest absolute Gasteiger partial charge is 0.452 e.